The van der Waals surface area contributed by atoms with Gasteiger partial charge in [0.1, 0.15) is 6.61 Å². The Morgan fingerprint density at radius 1 is 1.16 bits per heavy atom. The maximum atomic E-state index is 5.50. The average molecular weight is 265 g/mol. The molecule has 0 radical (unpaired) electrons. The van der Waals surface area contributed by atoms with Gasteiger partial charge < -0.3 is 15.0 Å². The maximum Gasteiger partial charge on any atom is 0.323 e. The van der Waals surface area contributed by atoms with Gasteiger partial charge in [-0.15, -0.1) is 0 Å². The molecule has 6 nitrogen and oxygen atoms in total. The van der Waals surface area contributed by atoms with Gasteiger partial charge in [0.15, 0.2) is 0 Å². The van der Waals surface area contributed by atoms with Gasteiger partial charge in [0, 0.05) is 19.6 Å². The van der Waals surface area contributed by atoms with E-state index < -0.39 is 0 Å². The molecule has 1 N–H and O–H groups in total. The Morgan fingerprint density at radius 3 is 2.47 bits per heavy atom. The van der Waals surface area contributed by atoms with Crippen LogP contribution >= 0.6 is 0 Å². The van der Waals surface area contributed by atoms with Crippen LogP contribution in [0.1, 0.15) is 27.7 Å². The summed E-state index contributed by atoms with van der Waals surface area (Å²) in [5.74, 6) is 1.20. The molecule has 0 saturated heterocycles. The molecule has 1 aromatic rings. The van der Waals surface area contributed by atoms with E-state index in [1.165, 1.54) is 0 Å². The predicted molar refractivity (Wildman–Crippen MR) is 77.9 cm³/mol. The fourth-order valence-corrected chi connectivity index (χ4v) is 1.51. The third-order valence-corrected chi connectivity index (χ3v) is 2.53. The van der Waals surface area contributed by atoms with Crippen molar-refractivity contribution in [3.63, 3.8) is 0 Å². The zero-order valence-corrected chi connectivity index (χ0v) is 12.2. The minimum absolute atomic E-state index is 0.353. The topological polar surface area (TPSA) is 63.2 Å². The van der Waals surface area contributed by atoms with E-state index in [1.807, 2.05) is 26.0 Å². The molecule has 0 aliphatic rings. The van der Waals surface area contributed by atoms with Gasteiger partial charge in [-0.3, -0.25) is 0 Å². The standard InChI is InChI=1S/C13H23N5O/c1-5-9-10-19-13-16-11(14-6-2)15-12(17-13)18(7-3)8-4/h5,9H,6-8,10H2,1-4H3,(H,14,15,16,17)/b9-5+. The molecule has 0 aliphatic carbocycles. The van der Waals surface area contributed by atoms with E-state index in [4.69, 9.17) is 4.74 Å². The quantitative estimate of drug-likeness (QED) is 0.726. The van der Waals surface area contributed by atoms with E-state index in [0.717, 1.165) is 19.6 Å². The van der Waals surface area contributed by atoms with E-state index in [2.05, 4.69) is 39.0 Å². The van der Waals surface area contributed by atoms with Crippen LogP contribution in [0.4, 0.5) is 11.9 Å². The maximum absolute atomic E-state index is 5.50. The molecule has 0 spiro atoms. The molecule has 0 unspecified atom stereocenters. The van der Waals surface area contributed by atoms with Crippen molar-refractivity contribution in [1.82, 2.24) is 15.0 Å². The van der Waals surface area contributed by atoms with E-state index in [9.17, 15) is 0 Å². The summed E-state index contributed by atoms with van der Waals surface area (Å²) in [6, 6.07) is 0.353. The summed E-state index contributed by atoms with van der Waals surface area (Å²) >= 11 is 0. The van der Waals surface area contributed by atoms with Crippen LogP contribution in [0, 0.1) is 0 Å². The first kappa shape index (κ1) is 15.2. The molecule has 1 aromatic heterocycles. The predicted octanol–water partition coefficient (Wildman–Crippen LogP) is 2.10. The Labute approximate surface area is 114 Å². The van der Waals surface area contributed by atoms with Crippen LogP contribution in [-0.2, 0) is 0 Å². The van der Waals surface area contributed by atoms with Crippen LogP contribution < -0.4 is 15.0 Å². The summed E-state index contributed by atoms with van der Waals surface area (Å²) in [5.41, 5.74) is 0. The molecule has 0 aromatic carbocycles. The molecule has 0 amide bonds. The molecule has 0 bridgehead atoms. The highest BCUT2D eigenvalue weighted by Crippen LogP contribution is 2.14. The monoisotopic (exact) mass is 265 g/mol. The number of nitrogens with zero attached hydrogens (tertiary/aromatic N) is 4. The number of hydrogen-bond acceptors (Lipinski definition) is 6. The Morgan fingerprint density at radius 2 is 1.89 bits per heavy atom. The zero-order chi connectivity index (χ0) is 14.1. The molecule has 106 valence electrons. The average Bonchev–Trinajstić information content (AvgIpc) is 2.41. The highest BCUT2D eigenvalue weighted by Gasteiger charge is 2.11. The number of nitrogens with one attached hydrogen (secondary N) is 1. The lowest BCUT2D eigenvalue weighted by Crippen LogP contribution is -2.25. The van der Waals surface area contributed by atoms with Gasteiger partial charge in [-0.05, 0) is 27.7 Å². The second-order valence-corrected chi connectivity index (χ2v) is 3.82. The number of rotatable bonds is 8. The second-order valence-electron chi connectivity index (χ2n) is 3.82. The van der Waals surface area contributed by atoms with Crippen molar-refractivity contribution in [3.8, 4) is 6.01 Å². The van der Waals surface area contributed by atoms with E-state index in [0.29, 0.717) is 24.5 Å². The molecular formula is C13H23N5O. The summed E-state index contributed by atoms with van der Waals surface area (Å²) in [6.07, 6.45) is 3.84. The van der Waals surface area contributed by atoms with Crippen molar-refractivity contribution in [2.75, 3.05) is 36.5 Å². The molecular weight excluding hydrogens is 242 g/mol. The molecule has 0 aliphatic heterocycles. The summed E-state index contributed by atoms with van der Waals surface area (Å²) in [7, 11) is 0. The minimum Gasteiger partial charge on any atom is -0.459 e. The number of ether oxygens (including phenoxy) is 1. The molecule has 1 heterocycles. The Kier molecular flexibility index (Phi) is 6.63. The molecule has 1 rings (SSSR count). The molecule has 19 heavy (non-hydrogen) atoms. The lowest BCUT2D eigenvalue weighted by Gasteiger charge is -2.19. The Hall–Kier alpha value is -1.85. The normalized spacial score (nSPS) is 10.7. The number of hydrogen-bond donors (Lipinski definition) is 1. The van der Waals surface area contributed by atoms with Gasteiger partial charge in [-0.2, -0.15) is 15.0 Å². The van der Waals surface area contributed by atoms with E-state index in [1.54, 1.807) is 0 Å². The van der Waals surface area contributed by atoms with Gasteiger partial charge in [0.05, 0.1) is 0 Å². The zero-order valence-electron chi connectivity index (χ0n) is 12.2. The van der Waals surface area contributed by atoms with Crippen molar-refractivity contribution < 1.29 is 4.74 Å². The van der Waals surface area contributed by atoms with Gasteiger partial charge in [0.25, 0.3) is 0 Å². The van der Waals surface area contributed by atoms with Gasteiger partial charge in [-0.1, -0.05) is 12.2 Å². The fraction of sp³-hybridized carbons (Fsp3) is 0.615. The van der Waals surface area contributed by atoms with Crippen LogP contribution in [0.3, 0.4) is 0 Å². The van der Waals surface area contributed by atoms with E-state index in [-0.39, 0.29) is 0 Å². The summed E-state index contributed by atoms with van der Waals surface area (Å²) in [4.78, 5) is 15.0. The molecule has 6 heteroatoms. The summed E-state index contributed by atoms with van der Waals surface area (Å²) in [6.45, 7) is 11.0. The van der Waals surface area contributed by atoms with Gasteiger partial charge in [-0.25, -0.2) is 0 Å². The second kappa shape index (κ2) is 8.29. The van der Waals surface area contributed by atoms with Crippen LogP contribution in [0.5, 0.6) is 6.01 Å². The first-order chi connectivity index (χ1) is 9.24. The first-order valence-corrected chi connectivity index (χ1v) is 6.73. The lowest BCUT2D eigenvalue weighted by molar-refractivity contribution is 0.332. The largest absolute Gasteiger partial charge is 0.459 e. The van der Waals surface area contributed by atoms with Gasteiger partial charge >= 0.3 is 6.01 Å². The SMILES string of the molecule is C/C=C/COc1nc(NCC)nc(N(CC)CC)n1. The number of allylic oxidation sites excluding steroid dienone is 1. The Bertz CT molecular complexity index is 404. The van der Waals surface area contributed by atoms with Gasteiger partial charge in [0.2, 0.25) is 11.9 Å². The van der Waals surface area contributed by atoms with Crippen molar-refractivity contribution >= 4 is 11.9 Å². The van der Waals surface area contributed by atoms with Crippen molar-refractivity contribution in [2.24, 2.45) is 0 Å². The minimum atomic E-state index is 0.353. The molecule has 0 saturated carbocycles. The fourth-order valence-electron chi connectivity index (χ4n) is 1.51. The van der Waals surface area contributed by atoms with Crippen molar-refractivity contribution in [2.45, 2.75) is 27.7 Å². The first-order valence-electron chi connectivity index (χ1n) is 6.73. The smallest absolute Gasteiger partial charge is 0.323 e. The van der Waals surface area contributed by atoms with Crippen LogP contribution in [0.15, 0.2) is 12.2 Å². The number of aromatic nitrogens is 3. The third-order valence-electron chi connectivity index (χ3n) is 2.53. The van der Waals surface area contributed by atoms with Crippen LogP contribution in [-0.4, -0.2) is 41.2 Å². The number of anilines is 2. The van der Waals surface area contributed by atoms with Crippen molar-refractivity contribution in [3.05, 3.63) is 12.2 Å². The van der Waals surface area contributed by atoms with E-state index >= 15 is 0 Å². The molecule has 0 atom stereocenters. The highest BCUT2D eigenvalue weighted by molar-refractivity contribution is 5.38. The third kappa shape index (κ3) is 4.73. The van der Waals surface area contributed by atoms with Crippen molar-refractivity contribution in [1.29, 1.82) is 0 Å². The molecule has 0 fully saturated rings. The Balaban J connectivity index is 2.95. The highest BCUT2D eigenvalue weighted by atomic mass is 16.5. The van der Waals surface area contributed by atoms with Crippen LogP contribution in [0.2, 0.25) is 0 Å². The lowest BCUT2D eigenvalue weighted by atomic mass is 10.5. The summed E-state index contributed by atoms with van der Waals surface area (Å²) in [5, 5.41) is 3.09. The van der Waals surface area contributed by atoms with Crippen LogP contribution in [0.25, 0.3) is 0 Å². The summed E-state index contributed by atoms with van der Waals surface area (Å²) < 4.78 is 5.50.